The molecule has 0 saturated carbocycles. The number of rotatable bonds is 5. The maximum Gasteiger partial charge on any atom is 0.257 e. The lowest BCUT2D eigenvalue weighted by molar-refractivity contribution is -0.0812. The fourth-order valence-electron chi connectivity index (χ4n) is 3.65. The maximum absolute atomic E-state index is 9.59. The van der Waals surface area contributed by atoms with E-state index in [2.05, 4.69) is 21.5 Å². The van der Waals surface area contributed by atoms with Gasteiger partial charge in [0.15, 0.2) is 0 Å². The Morgan fingerprint density at radius 3 is 2.93 bits per heavy atom. The Labute approximate surface area is 167 Å². The molecule has 10 heteroatoms. The Hall–Kier alpha value is -3.16. The van der Waals surface area contributed by atoms with Crippen molar-refractivity contribution in [2.24, 2.45) is 7.05 Å². The van der Waals surface area contributed by atoms with E-state index in [1.165, 1.54) is 0 Å². The monoisotopic (exact) mass is 395 g/mol. The summed E-state index contributed by atoms with van der Waals surface area (Å²) in [7, 11) is 1.83. The predicted octanol–water partition coefficient (Wildman–Crippen LogP) is 1.91. The van der Waals surface area contributed by atoms with Gasteiger partial charge in [-0.15, -0.1) is 5.10 Å². The number of aromatic nitrogens is 5. The molecule has 0 aromatic carbocycles. The molecule has 1 N–H and O–H groups in total. The van der Waals surface area contributed by atoms with Crippen molar-refractivity contribution in [3.05, 3.63) is 24.2 Å². The average molecular weight is 395 g/mol. The minimum atomic E-state index is 0.00979. The molecule has 2 fully saturated rings. The second kappa shape index (κ2) is 7.35. The number of ether oxygens (including phenoxy) is 3. The molecule has 2 aliphatic heterocycles. The Bertz CT molecular complexity index is 1070. The fraction of sp³-hybridized carbons (Fsp3) is 0.474. The van der Waals surface area contributed by atoms with Gasteiger partial charge in [-0.1, -0.05) is 0 Å². The summed E-state index contributed by atoms with van der Waals surface area (Å²) in [5.41, 5.74) is 1.96. The summed E-state index contributed by atoms with van der Waals surface area (Å²) < 4.78 is 20.3. The summed E-state index contributed by atoms with van der Waals surface area (Å²) >= 11 is 0. The van der Waals surface area contributed by atoms with Gasteiger partial charge in [0.25, 0.3) is 5.88 Å². The topological polar surface area (TPSA) is 112 Å². The highest BCUT2D eigenvalue weighted by atomic mass is 16.6. The van der Waals surface area contributed by atoms with Crippen LogP contribution in [0, 0.1) is 11.3 Å². The molecule has 2 saturated heterocycles. The highest BCUT2D eigenvalue weighted by molar-refractivity contribution is 5.79. The Kier molecular flexibility index (Phi) is 4.54. The summed E-state index contributed by atoms with van der Waals surface area (Å²) in [6.45, 7) is 2.46. The molecule has 0 spiro atoms. The Balaban J connectivity index is 1.48. The van der Waals surface area contributed by atoms with Crippen LogP contribution in [0.1, 0.15) is 24.6 Å². The third kappa shape index (κ3) is 3.39. The van der Waals surface area contributed by atoms with Gasteiger partial charge in [-0.05, 0) is 18.9 Å². The summed E-state index contributed by atoms with van der Waals surface area (Å²) in [6, 6.07) is 4.19. The fourth-order valence-corrected chi connectivity index (χ4v) is 3.65. The predicted molar refractivity (Wildman–Crippen MR) is 103 cm³/mol. The molecule has 0 radical (unpaired) electrons. The van der Waals surface area contributed by atoms with Gasteiger partial charge in [0, 0.05) is 25.2 Å². The summed E-state index contributed by atoms with van der Waals surface area (Å²) in [5, 5.41) is 18.0. The first kappa shape index (κ1) is 17.9. The zero-order chi connectivity index (χ0) is 19.8. The van der Waals surface area contributed by atoms with Crippen LogP contribution < -0.4 is 10.1 Å². The third-order valence-electron chi connectivity index (χ3n) is 5.12. The van der Waals surface area contributed by atoms with Gasteiger partial charge < -0.3 is 24.1 Å². The first-order valence-electron chi connectivity index (χ1n) is 9.62. The van der Waals surface area contributed by atoms with Crippen LogP contribution in [0.4, 0.5) is 11.6 Å². The quantitative estimate of drug-likeness (QED) is 0.697. The first-order valence-corrected chi connectivity index (χ1v) is 9.62. The van der Waals surface area contributed by atoms with Gasteiger partial charge in [-0.25, -0.2) is 4.98 Å². The smallest absolute Gasteiger partial charge is 0.257 e. The Morgan fingerprint density at radius 2 is 2.21 bits per heavy atom. The van der Waals surface area contributed by atoms with Crippen molar-refractivity contribution in [1.29, 1.82) is 5.26 Å². The molecule has 0 bridgehead atoms. The van der Waals surface area contributed by atoms with Crippen LogP contribution in [0.3, 0.4) is 0 Å². The van der Waals surface area contributed by atoms with Crippen LogP contribution in [0.5, 0.6) is 5.88 Å². The van der Waals surface area contributed by atoms with Crippen LogP contribution in [0.2, 0.25) is 0 Å². The average Bonchev–Trinajstić information content (AvgIpc) is 3.24. The SMILES string of the molecule is Cn1cc(Nc2ncc3cc(C#N)n([C@@H]4CCCOC4)c3n2)c(OC2COC2)n1. The number of fused-ring (bicyclic) bond motifs is 1. The molecular formula is C19H21N7O3. The molecule has 5 heterocycles. The van der Waals surface area contributed by atoms with E-state index in [1.807, 2.05) is 23.9 Å². The largest absolute Gasteiger partial charge is 0.467 e. The van der Waals surface area contributed by atoms with Gasteiger partial charge in [-0.2, -0.15) is 10.2 Å². The molecule has 3 aromatic heterocycles. The van der Waals surface area contributed by atoms with Crippen LogP contribution in [0.25, 0.3) is 11.0 Å². The van der Waals surface area contributed by atoms with Crippen LogP contribution in [-0.4, -0.2) is 56.8 Å². The first-order chi connectivity index (χ1) is 14.2. The van der Waals surface area contributed by atoms with Crippen molar-refractivity contribution in [3.8, 4) is 11.9 Å². The highest BCUT2D eigenvalue weighted by Crippen LogP contribution is 2.30. The number of nitrogens with one attached hydrogen (secondary N) is 1. The number of anilines is 2. The summed E-state index contributed by atoms with van der Waals surface area (Å²) in [4.78, 5) is 9.10. The van der Waals surface area contributed by atoms with Gasteiger partial charge in [0.05, 0.1) is 32.1 Å². The summed E-state index contributed by atoms with van der Waals surface area (Å²) in [5.74, 6) is 0.902. The van der Waals surface area contributed by atoms with Crippen molar-refractivity contribution in [2.75, 3.05) is 31.7 Å². The normalized spacial score (nSPS) is 19.7. The number of hydrogen-bond acceptors (Lipinski definition) is 8. The molecule has 3 aromatic rings. The molecule has 0 amide bonds. The van der Waals surface area contributed by atoms with E-state index < -0.39 is 0 Å². The second-order valence-electron chi connectivity index (χ2n) is 7.28. The van der Waals surface area contributed by atoms with Crippen molar-refractivity contribution in [3.63, 3.8) is 0 Å². The molecule has 29 heavy (non-hydrogen) atoms. The van der Waals surface area contributed by atoms with Crippen molar-refractivity contribution >= 4 is 22.7 Å². The lowest BCUT2D eigenvalue weighted by atomic mass is 10.1. The van der Waals surface area contributed by atoms with Gasteiger partial charge in [-0.3, -0.25) is 4.68 Å². The van der Waals surface area contributed by atoms with E-state index in [0.29, 0.717) is 48.7 Å². The van der Waals surface area contributed by atoms with Gasteiger partial charge in [0.2, 0.25) is 5.95 Å². The molecule has 0 aliphatic carbocycles. The minimum Gasteiger partial charge on any atom is -0.467 e. The zero-order valence-electron chi connectivity index (χ0n) is 16.0. The number of nitriles is 1. The lowest BCUT2D eigenvalue weighted by Gasteiger charge is -2.26. The number of aryl methyl sites for hydroxylation is 1. The zero-order valence-corrected chi connectivity index (χ0v) is 16.0. The lowest BCUT2D eigenvalue weighted by Crippen LogP contribution is -2.38. The maximum atomic E-state index is 9.59. The van der Waals surface area contributed by atoms with Crippen molar-refractivity contribution < 1.29 is 14.2 Å². The van der Waals surface area contributed by atoms with Gasteiger partial charge >= 0.3 is 0 Å². The molecular weight excluding hydrogens is 374 g/mol. The summed E-state index contributed by atoms with van der Waals surface area (Å²) in [6.07, 6.45) is 5.47. The van der Waals surface area contributed by atoms with E-state index in [0.717, 1.165) is 24.8 Å². The molecule has 10 nitrogen and oxygen atoms in total. The molecule has 150 valence electrons. The molecule has 2 aliphatic rings. The number of nitrogens with zero attached hydrogens (tertiary/aromatic N) is 6. The third-order valence-corrected chi connectivity index (χ3v) is 5.12. The van der Waals surface area contributed by atoms with E-state index in [9.17, 15) is 5.26 Å². The van der Waals surface area contributed by atoms with Crippen molar-refractivity contribution in [2.45, 2.75) is 25.0 Å². The minimum absolute atomic E-state index is 0.00979. The van der Waals surface area contributed by atoms with E-state index in [-0.39, 0.29) is 12.1 Å². The van der Waals surface area contributed by atoms with E-state index >= 15 is 0 Å². The molecule has 5 rings (SSSR count). The molecule has 0 unspecified atom stereocenters. The highest BCUT2D eigenvalue weighted by Gasteiger charge is 2.24. The Morgan fingerprint density at radius 1 is 1.31 bits per heavy atom. The number of hydrogen-bond donors (Lipinski definition) is 1. The van der Waals surface area contributed by atoms with Crippen molar-refractivity contribution in [1.82, 2.24) is 24.3 Å². The van der Waals surface area contributed by atoms with Crippen LogP contribution >= 0.6 is 0 Å². The van der Waals surface area contributed by atoms with Crippen LogP contribution in [-0.2, 0) is 16.5 Å². The standard InChI is InChI=1S/C19H21N7O3/c1-25-8-16(18(24-25)29-15-10-28-11-15)22-19-21-7-12-5-14(6-20)26(17(12)23-19)13-3-2-4-27-9-13/h5,7-8,13,15H,2-4,9-11H2,1H3,(H,21,22,23)/t13-/m1/s1. The molecule has 1 atom stereocenters. The van der Waals surface area contributed by atoms with Crippen LogP contribution in [0.15, 0.2) is 18.5 Å². The van der Waals surface area contributed by atoms with E-state index in [1.54, 1.807) is 10.9 Å². The second-order valence-corrected chi connectivity index (χ2v) is 7.28. The van der Waals surface area contributed by atoms with E-state index in [4.69, 9.17) is 19.2 Å². The van der Waals surface area contributed by atoms with Gasteiger partial charge in [0.1, 0.15) is 29.2 Å².